The van der Waals surface area contributed by atoms with Gasteiger partial charge in [0.05, 0.1) is 6.33 Å². The molecule has 1 aromatic carbocycles. The molecule has 0 aliphatic carbocycles. The van der Waals surface area contributed by atoms with E-state index in [0.29, 0.717) is 0 Å². The Balaban J connectivity index is 2.33. The molecule has 0 amide bonds. The molecular formula is C12H13IN2. The largest absolute Gasteiger partial charge is 0.306 e. The van der Waals surface area contributed by atoms with Gasteiger partial charge in [-0.2, -0.15) is 0 Å². The van der Waals surface area contributed by atoms with Crippen LogP contribution in [0.4, 0.5) is 0 Å². The zero-order chi connectivity index (χ0) is 10.9. The maximum absolute atomic E-state index is 4.03. The van der Waals surface area contributed by atoms with Gasteiger partial charge in [0.1, 0.15) is 0 Å². The normalized spacial score (nSPS) is 11.7. The average Bonchev–Trinajstić information content (AvgIpc) is 2.69. The first-order valence-electron chi connectivity index (χ1n) is 4.85. The topological polar surface area (TPSA) is 17.8 Å². The van der Waals surface area contributed by atoms with Crippen LogP contribution in [0.5, 0.6) is 0 Å². The highest BCUT2D eigenvalue weighted by Crippen LogP contribution is 2.30. The summed E-state index contributed by atoms with van der Waals surface area (Å²) in [5.41, 5.74) is 2.49. The molecule has 0 bridgehead atoms. The van der Waals surface area contributed by atoms with E-state index in [9.17, 15) is 0 Å². The summed E-state index contributed by atoms with van der Waals surface area (Å²) in [4.78, 5) is 4.03. The lowest BCUT2D eigenvalue weighted by atomic mass is 10.0. The van der Waals surface area contributed by atoms with Gasteiger partial charge in [-0.3, -0.25) is 0 Å². The van der Waals surface area contributed by atoms with Crippen molar-refractivity contribution in [3.05, 3.63) is 48.5 Å². The summed E-state index contributed by atoms with van der Waals surface area (Å²) < 4.78 is 2.19. The van der Waals surface area contributed by atoms with E-state index in [1.165, 1.54) is 5.56 Å². The maximum atomic E-state index is 4.03. The van der Waals surface area contributed by atoms with Crippen LogP contribution in [0, 0.1) is 0 Å². The molecule has 3 heteroatoms. The molecule has 0 radical (unpaired) electrons. The summed E-state index contributed by atoms with van der Waals surface area (Å²) in [6.45, 7) is 4.42. The first kappa shape index (κ1) is 10.7. The Morgan fingerprint density at radius 1 is 1.20 bits per heavy atom. The van der Waals surface area contributed by atoms with Crippen LogP contribution in [0.25, 0.3) is 5.69 Å². The van der Waals surface area contributed by atoms with Gasteiger partial charge < -0.3 is 4.57 Å². The van der Waals surface area contributed by atoms with Crippen LogP contribution >= 0.6 is 22.6 Å². The van der Waals surface area contributed by atoms with E-state index >= 15 is 0 Å². The zero-order valence-corrected chi connectivity index (χ0v) is 11.0. The number of alkyl halides is 1. The fraction of sp³-hybridized carbons (Fsp3) is 0.250. The molecule has 0 aliphatic heterocycles. The zero-order valence-electron chi connectivity index (χ0n) is 8.81. The molecule has 0 N–H and O–H groups in total. The van der Waals surface area contributed by atoms with E-state index in [2.05, 4.69) is 65.7 Å². The Morgan fingerprint density at radius 2 is 1.87 bits per heavy atom. The van der Waals surface area contributed by atoms with E-state index in [0.717, 1.165) is 5.69 Å². The molecule has 15 heavy (non-hydrogen) atoms. The average molecular weight is 312 g/mol. The first-order chi connectivity index (χ1) is 7.07. The van der Waals surface area contributed by atoms with Gasteiger partial charge >= 0.3 is 0 Å². The van der Waals surface area contributed by atoms with E-state index in [-0.39, 0.29) is 3.42 Å². The Labute approximate surface area is 103 Å². The number of hydrogen-bond donors (Lipinski definition) is 0. The van der Waals surface area contributed by atoms with Crippen molar-refractivity contribution < 1.29 is 0 Å². The lowest BCUT2D eigenvalue weighted by Gasteiger charge is -2.17. The number of aromatic nitrogens is 2. The third kappa shape index (κ3) is 2.40. The van der Waals surface area contributed by atoms with Crippen molar-refractivity contribution in [1.29, 1.82) is 0 Å². The number of nitrogens with zero attached hydrogens (tertiary/aromatic N) is 2. The fourth-order valence-electron chi connectivity index (χ4n) is 1.44. The molecule has 1 aromatic heterocycles. The van der Waals surface area contributed by atoms with Crippen molar-refractivity contribution in [2.75, 3.05) is 0 Å². The van der Waals surface area contributed by atoms with Crippen molar-refractivity contribution in [2.45, 2.75) is 17.3 Å². The van der Waals surface area contributed by atoms with E-state index < -0.39 is 0 Å². The van der Waals surface area contributed by atoms with Crippen LogP contribution in [-0.2, 0) is 3.42 Å². The van der Waals surface area contributed by atoms with Crippen molar-refractivity contribution in [3.63, 3.8) is 0 Å². The minimum absolute atomic E-state index is 0.186. The summed E-state index contributed by atoms with van der Waals surface area (Å²) in [7, 11) is 0. The van der Waals surface area contributed by atoms with Gasteiger partial charge in [0.25, 0.3) is 0 Å². The van der Waals surface area contributed by atoms with E-state index in [4.69, 9.17) is 0 Å². The van der Waals surface area contributed by atoms with Crippen LogP contribution in [0.1, 0.15) is 19.4 Å². The van der Waals surface area contributed by atoms with Crippen molar-refractivity contribution in [3.8, 4) is 5.69 Å². The predicted molar refractivity (Wildman–Crippen MR) is 70.6 cm³/mol. The minimum atomic E-state index is 0.186. The molecule has 2 rings (SSSR count). The van der Waals surface area contributed by atoms with Gasteiger partial charge in [0.15, 0.2) is 0 Å². The van der Waals surface area contributed by atoms with Crippen LogP contribution in [0.2, 0.25) is 0 Å². The standard InChI is InChI=1S/C12H13IN2/c1-12(2,13)10-3-5-11(6-4-10)15-8-7-14-9-15/h3-9H,1-2H3. The second-order valence-electron chi connectivity index (χ2n) is 3.99. The van der Waals surface area contributed by atoms with Gasteiger partial charge in [-0.15, -0.1) is 0 Å². The van der Waals surface area contributed by atoms with Gasteiger partial charge in [-0.1, -0.05) is 34.7 Å². The maximum Gasteiger partial charge on any atom is 0.0991 e. The Morgan fingerprint density at radius 3 is 2.33 bits per heavy atom. The van der Waals surface area contributed by atoms with Crippen molar-refractivity contribution in [2.24, 2.45) is 0 Å². The minimum Gasteiger partial charge on any atom is -0.306 e. The molecule has 0 saturated carbocycles. The molecule has 0 saturated heterocycles. The van der Waals surface area contributed by atoms with Crippen molar-refractivity contribution >= 4 is 22.6 Å². The number of hydrogen-bond acceptors (Lipinski definition) is 1. The molecule has 1 heterocycles. The van der Waals surface area contributed by atoms with E-state index in [1.807, 2.05) is 17.1 Å². The monoisotopic (exact) mass is 312 g/mol. The Hall–Kier alpha value is -0.840. The lowest BCUT2D eigenvalue weighted by molar-refractivity contribution is 0.826. The molecule has 78 valence electrons. The molecule has 2 aromatic rings. The second-order valence-corrected chi connectivity index (χ2v) is 6.69. The van der Waals surface area contributed by atoms with Crippen LogP contribution in [0.3, 0.4) is 0 Å². The lowest BCUT2D eigenvalue weighted by Crippen LogP contribution is -2.06. The van der Waals surface area contributed by atoms with E-state index in [1.54, 1.807) is 6.20 Å². The SMILES string of the molecule is CC(C)(I)c1ccc(-n2ccnc2)cc1. The summed E-state index contributed by atoms with van der Waals surface area (Å²) in [5, 5.41) is 0. The highest BCUT2D eigenvalue weighted by atomic mass is 127. The first-order valence-corrected chi connectivity index (χ1v) is 5.93. The van der Waals surface area contributed by atoms with Crippen LogP contribution < -0.4 is 0 Å². The highest BCUT2D eigenvalue weighted by molar-refractivity contribution is 14.1. The molecule has 0 atom stereocenters. The number of imidazole rings is 1. The van der Waals surface area contributed by atoms with Gasteiger partial charge in [-0.25, -0.2) is 4.98 Å². The predicted octanol–water partition coefficient (Wildman–Crippen LogP) is 3.54. The van der Waals surface area contributed by atoms with Gasteiger partial charge in [0.2, 0.25) is 0 Å². The van der Waals surface area contributed by atoms with Gasteiger partial charge in [0, 0.05) is 21.5 Å². The summed E-state index contributed by atoms with van der Waals surface area (Å²) >= 11 is 2.45. The molecule has 0 aliphatic rings. The molecule has 0 fully saturated rings. The molecule has 0 spiro atoms. The summed E-state index contributed by atoms with van der Waals surface area (Å²) in [5.74, 6) is 0. The summed E-state index contributed by atoms with van der Waals surface area (Å²) in [6, 6.07) is 8.58. The Kier molecular flexibility index (Phi) is 2.82. The molecule has 0 unspecified atom stereocenters. The van der Waals surface area contributed by atoms with Crippen molar-refractivity contribution in [1.82, 2.24) is 9.55 Å². The highest BCUT2D eigenvalue weighted by Gasteiger charge is 2.14. The van der Waals surface area contributed by atoms with Gasteiger partial charge in [-0.05, 0) is 31.5 Å². The fourth-order valence-corrected chi connectivity index (χ4v) is 1.80. The van der Waals surface area contributed by atoms with Crippen LogP contribution in [0.15, 0.2) is 43.0 Å². The number of rotatable bonds is 2. The number of benzene rings is 1. The second kappa shape index (κ2) is 3.96. The van der Waals surface area contributed by atoms with Crippen LogP contribution in [-0.4, -0.2) is 9.55 Å². The smallest absolute Gasteiger partial charge is 0.0991 e. The molecular weight excluding hydrogens is 299 g/mol. The number of halogens is 1. The third-order valence-electron chi connectivity index (χ3n) is 2.36. The summed E-state index contributed by atoms with van der Waals surface area (Å²) in [6.07, 6.45) is 5.55. The Bertz CT molecular complexity index is 424. The third-order valence-corrected chi connectivity index (χ3v) is 2.98. The quantitative estimate of drug-likeness (QED) is 0.612. The molecule has 2 nitrogen and oxygen atoms in total.